The molecule has 3 amide bonds. The lowest BCUT2D eigenvalue weighted by atomic mass is 10.0. The highest BCUT2D eigenvalue weighted by Gasteiger charge is 2.53. The van der Waals surface area contributed by atoms with Crippen molar-refractivity contribution in [2.24, 2.45) is 5.92 Å². The van der Waals surface area contributed by atoms with Gasteiger partial charge in [-0.15, -0.1) is 0 Å². The van der Waals surface area contributed by atoms with Crippen molar-refractivity contribution in [3.05, 3.63) is 29.8 Å². The number of nitrogens with one attached hydrogen (secondary N) is 1. The van der Waals surface area contributed by atoms with Crippen LogP contribution in [-0.4, -0.2) is 91.3 Å². The summed E-state index contributed by atoms with van der Waals surface area (Å²) >= 11 is 0. The summed E-state index contributed by atoms with van der Waals surface area (Å²) in [7, 11) is 3.85. The van der Waals surface area contributed by atoms with Gasteiger partial charge < -0.3 is 24.8 Å². The Morgan fingerprint density at radius 1 is 1.11 bits per heavy atom. The number of nitrogens with zero attached hydrogens (tertiary/aromatic N) is 3. The maximum absolute atomic E-state index is 13.6. The zero-order chi connectivity index (χ0) is 25.3. The average molecular weight is 485 g/mol. The average Bonchev–Trinajstić information content (AvgIpc) is 3.56. The topological polar surface area (TPSA) is 99.3 Å². The molecule has 0 aromatic heterocycles. The number of likely N-dealkylation sites (tertiary alicyclic amines) is 2. The molecule has 9 heteroatoms. The van der Waals surface area contributed by atoms with E-state index < -0.39 is 18.2 Å². The van der Waals surface area contributed by atoms with Gasteiger partial charge in [-0.05, 0) is 55.9 Å². The van der Waals surface area contributed by atoms with E-state index in [1.807, 2.05) is 45.0 Å². The van der Waals surface area contributed by atoms with Crippen molar-refractivity contribution < 1.29 is 23.9 Å². The summed E-state index contributed by atoms with van der Waals surface area (Å²) in [6, 6.07) is 5.47. The van der Waals surface area contributed by atoms with Gasteiger partial charge in [0.15, 0.2) is 5.78 Å². The van der Waals surface area contributed by atoms with Crippen molar-refractivity contribution in [1.82, 2.24) is 15.1 Å². The zero-order valence-electron chi connectivity index (χ0n) is 21.0. The molecule has 3 fully saturated rings. The van der Waals surface area contributed by atoms with E-state index in [0.29, 0.717) is 38.0 Å². The summed E-state index contributed by atoms with van der Waals surface area (Å²) in [6.45, 7) is 4.95. The highest BCUT2D eigenvalue weighted by molar-refractivity contribution is 6.01. The molecule has 0 radical (unpaired) electrons. The molecule has 3 aliphatic heterocycles. The molecular formula is C26H36N4O5. The minimum Gasteiger partial charge on any atom is -0.378 e. The van der Waals surface area contributed by atoms with Crippen molar-refractivity contribution in [3.63, 3.8) is 0 Å². The lowest BCUT2D eigenvalue weighted by Crippen LogP contribution is -2.53. The van der Waals surface area contributed by atoms with Crippen LogP contribution in [0.3, 0.4) is 0 Å². The lowest BCUT2D eigenvalue weighted by molar-refractivity contribution is -0.142. The highest BCUT2D eigenvalue weighted by atomic mass is 16.5. The fraction of sp³-hybridized carbons (Fsp3) is 0.615. The summed E-state index contributed by atoms with van der Waals surface area (Å²) in [4.78, 5) is 57.7. The Morgan fingerprint density at radius 3 is 2.43 bits per heavy atom. The van der Waals surface area contributed by atoms with Gasteiger partial charge in [0.2, 0.25) is 5.91 Å². The van der Waals surface area contributed by atoms with Crippen LogP contribution in [0.15, 0.2) is 24.3 Å². The molecule has 0 spiro atoms. The summed E-state index contributed by atoms with van der Waals surface area (Å²) in [5.41, 5.74) is 1.45. The molecule has 2 unspecified atom stereocenters. The number of benzene rings is 1. The minimum atomic E-state index is -0.745. The van der Waals surface area contributed by atoms with E-state index in [0.717, 1.165) is 12.1 Å². The van der Waals surface area contributed by atoms with Gasteiger partial charge in [-0.2, -0.15) is 0 Å². The van der Waals surface area contributed by atoms with Gasteiger partial charge in [0.1, 0.15) is 18.2 Å². The van der Waals surface area contributed by atoms with Gasteiger partial charge in [0, 0.05) is 38.5 Å². The summed E-state index contributed by atoms with van der Waals surface area (Å²) in [6.07, 6.45) is 2.03. The molecule has 190 valence electrons. The van der Waals surface area contributed by atoms with Crippen LogP contribution < -0.4 is 10.2 Å². The van der Waals surface area contributed by atoms with Crippen LogP contribution in [-0.2, 0) is 19.1 Å². The number of fused-ring (bicyclic) bond motifs is 1. The van der Waals surface area contributed by atoms with E-state index in [-0.39, 0.29) is 42.0 Å². The largest absolute Gasteiger partial charge is 0.378 e. The maximum Gasteiger partial charge on any atom is 0.252 e. The first-order valence-corrected chi connectivity index (χ1v) is 12.5. The van der Waals surface area contributed by atoms with Crippen molar-refractivity contribution >= 4 is 29.2 Å². The smallest absolute Gasteiger partial charge is 0.252 e. The third-order valence-corrected chi connectivity index (χ3v) is 7.15. The Kier molecular flexibility index (Phi) is 7.44. The van der Waals surface area contributed by atoms with Gasteiger partial charge in [0.05, 0.1) is 12.6 Å². The van der Waals surface area contributed by atoms with Crippen LogP contribution in [0.1, 0.15) is 49.9 Å². The second-order valence-corrected chi connectivity index (χ2v) is 10.4. The van der Waals surface area contributed by atoms with Crippen molar-refractivity contribution in [2.45, 2.75) is 63.8 Å². The first-order valence-electron chi connectivity index (χ1n) is 12.5. The molecule has 0 bridgehead atoms. The molecule has 35 heavy (non-hydrogen) atoms. The predicted molar refractivity (Wildman–Crippen MR) is 131 cm³/mol. The molecule has 3 saturated heterocycles. The monoisotopic (exact) mass is 484 g/mol. The van der Waals surface area contributed by atoms with E-state index in [4.69, 9.17) is 4.74 Å². The van der Waals surface area contributed by atoms with E-state index in [2.05, 4.69) is 5.32 Å². The number of ether oxygens (including phenoxy) is 1. The van der Waals surface area contributed by atoms with E-state index in [1.54, 1.807) is 21.9 Å². The van der Waals surface area contributed by atoms with Gasteiger partial charge in [-0.25, -0.2) is 0 Å². The Bertz CT molecular complexity index is 970. The first kappa shape index (κ1) is 25.2. The fourth-order valence-electron chi connectivity index (χ4n) is 5.36. The number of carbonyl (C=O) groups is 4. The molecule has 4 atom stereocenters. The summed E-state index contributed by atoms with van der Waals surface area (Å²) in [5, 5.41) is 2.91. The highest BCUT2D eigenvalue weighted by Crippen LogP contribution is 2.32. The van der Waals surface area contributed by atoms with Crippen molar-refractivity contribution in [3.8, 4) is 0 Å². The number of ketones is 1. The number of amides is 3. The summed E-state index contributed by atoms with van der Waals surface area (Å²) < 4.78 is 5.54. The molecule has 0 aliphatic carbocycles. The van der Waals surface area contributed by atoms with E-state index in [1.165, 1.54) is 0 Å². The van der Waals surface area contributed by atoms with Crippen LogP contribution in [0.4, 0.5) is 5.69 Å². The summed E-state index contributed by atoms with van der Waals surface area (Å²) in [5.74, 6) is -0.690. The third kappa shape index (κ3) is 5.19. The second kappa shape index (κ2) is 10.4. The van der Waals surface area contributed by atoms with Crippen LogP contribution in [0.5, 0.6) is 0 Å². The van der Waals surface area contributed by atoms with Crippen LogP contribution in [0, 0.1) is 5.92 Å². The SMILES string of the molecule is CC(C)C[C@H](NC(=O)c1ccc(N(C)C)cc1)C(=O)N1CCC2[C@H]1C(=O)CN2C(=O)C1CCCO1. The molecule has 3 aliphatic rings. The van der Waals surface area contributed by atoms with E-state index >= 15 is 0 Å². The molecule has 1 aromatic rings. The standard InChI is InChI=1S/C26H36N4O5/c1-16(2)14-19(27-24(32)17-7-9-18(10-8-17)28(3)4)25(33)29-12-11-20-23(29)21(31)15-30(20)26(34)22-6-5-13-35-22/h7-10,16,19-20,22-23H,5-6,11-15H2,1-4H3,(H,27,32)/t19-,20?,22?,23-/m0/s1. The number of rotatable bonds is 7. The molecule has 4 rings (SSSR count). The van der Waals surface area contributed by atoms with Crippen molar-refractivity contribution in [2.75, 3.05) is 38.7 Å². The van der Waals surface area contributed by atoms with Gasteiger partial charge in [-0.3, -0.25) is 19.2 Å². The van der Waals surface area contributed by atoms with Gasteiger partial charge >= 0.3 is 0 Å². The predicted octanol–water partition coefficient (Wildman–Crippen LogP) is 1.46. The zero-order valence-corrected chi connectivity index (χ0v) is 21.0. The lowest BCUT2D eigenvalue weighted by Gasteiger charge is -2.29. The van der Waals surface area contributed by atoms with Crippen LogP contribution >= 0.6 is 0 Å². The first-order chi connectivity index (χ1) is 16.7. The van der Waals surface area contributed by atoms with Crippen LogP contribution in [0.25, 0.3) is 0 Å². The molecule has 0 saturated carbocycles. The Hall–Kier alpha value is -2.94. The number of hydrogen-bond acceptors (Lipinski definition) is 6. The number of hydrogen-bond donors (Lipinski definition) is 1. The molecule has 1 aromatic carbocycles. The number of anilines is 1. The Balaban J connectivity index is 1.47. The normalized spacial score (nSPS) is 24.6. The third-order valence-electron chi connectivity index (χ3n) is 7.15. The molecule has 9 nitrogen and oxygen atoms in total. The molecule has 3 heterocycles. The Labute approximate surface area is 206 Å². The van der Waals surface area contributed by atoms with Gasteiger partial charge in [0.25, 0.3) is 11.8 Å². The maximum atomic E-state index is 13.6. The second-order valence-electron chi connectivity index (χ2n) is 10.4. The Morgan fingerprint density at radius 2 is 1.83 bits per heavy atom. The number of Topliss-reactive ketones (excluding diaryl/α,β-unsaturated/α-hetero) is 1. The van der Waals surface area contributed by atoms with Crippen LogP contribution in [0.2, 0.25) is 0 Å². The van der Waals surface area contributed by atoms with E-state index in [9.17, 15) is 19.2 Å². The quantitative estimate of drug-likeness (QED) is 0.629. The van der Waals surface area contributed by atoms with Crippen molar-refractivity contribution in [1.29, 1.82) is 0 Å². The van der Waals surface area contributed by atoms with Gasteiger partial charge in [-0.1, -0.05) is 13.8 Å². The minimum absolute atomic E-state index is 0.0111. The number of carbonyl (C=O) groups excluding carboxylic acids is 4. The fourth-order valence-corrected chi connectivity index (χ4v) is 5.36. The molecule has 1 N–H and O–H groups in total. The molecular weight excluding hydrogens is 448 g/mol.